The largest absolute Gasteiger partial charge is 0.430 e. The molecule has 0 saturated carbocycles. The van der Waals surface area contributed by atoms with E-state index in [-0.39, 0.29) is 5.91 Å². The van der Waals surface area contributed by atoms with E-state index in [4.69, 9.17) is 21.3 Å². The summed E-state index contributed by atoms with van der Waals surface area (Å²) < 4.78 is 0. The van der Waals surface area contributed by atoms with E-state index >= 15 is 0 Å². The first-order valence-corrected chi connectivity index (χ1v) is 13.8. The third-order valence-electron chi connectivity index (χ3n) is 6.88. The minimum atomic E-state index is -0.532. The Labute approximate surface area is 224 Å². The number of nitrogens with one attached hydrogen (secondary N) is 1. The number of anilines is 2. The highest BCUT2D eigenvalue weighted by Gasteiger charge is 2.45. The Balaban J connectivity index is 1.08. The van der Waals surface area contributed by atoms with Crippen molar-refractivity contribution in [2.45, 2.75) is 29.8 Å². The van der Waals surface area contributed by atoms with E-state index < -0.39 is 11.7 Å². The SMILES string of the molecule is CSc1ccccc1NC(=O)ON1CCC2(CC1)CC(C(=O)N1CCN(c3ncccc3Cl)CC1)=NO2. The number of carbonyl (C=O) groups is 2. The number of pyridine rings is 1. The third kappa shape index (κ3) is 5.78. The zero-order chi connectivity index (χ0) is 25.8. The van der Waals surface area contributed by atoms with Crippen LogP contribution in [0.3, 0.4) is 0 Å². The number of oxime groups is 1. The molecular formula is C25H29ClN6O4S. The average Bonchev–Trinajstić information content (AvgIpc) is 3.34. The fourth-order valence-electron chi connectivity index (χ4n) is 4.80. The smallest absolute Gasteiger partial charge is 0.388 e. The molecule has 0 bridgehead atoms. The summed E-state index contributed by atoms with van der Waals surface area (Å²) in [5.41, 5.74) is 0.633. The highest BCUT2D eigenvalue weighted by molar-refractivity contribution is 7.98. The second-order valence-corrected chi connectivity index (χ2v) is 10.5. The van der Waals surface area contributed by atoms with E-state index in [1.807, 2.05) is 41.5 Å². The van der Waals surface area contributed by atoms with Gasteiger partial charge in [-0.3, -0.25) is 10.1 Å². The van der Waals surface area contributed by atoms with Gasteiger partial charge in [-0.2, -0.15) is 0 Å². The van der Waals surface area contributed by atoms with E-state index in [0.29, 0.717) is 75.0 Å². The fourth-order valence-corrected chi connectivity index (χ4v) is 5.60. The molecule has 1 spiro atoms. The van der Waals surface area contributed by atoms with E-state index in [1.165, 1.54) is 0 Å². The van der Waals surface area contributed by atoms with Gasteiger partial charge in [-0.15, -0.1) is 16.8 Å². The van der Waals surface area contributed by atoms with Crippen molar-refractivity contribution in [1.82, 2.24) is 14.9 Å². The Bertz CT molecular complexity index is 1180. The molecule has 37 heavy (non-hydrogen) atoms. The van der Waals surface area contributed by atoms with Gasteiger partial charge in [0.1, 0.15) is 17.1 Å². The van der Waals surface area contributed by atoms with E-state index in [0.717, 1.165) is 10.7 Å². The molecule has 12 heteroatoms. The molecule has 2 saturated heterocycles. The number of para-hydroxylation sites is 1. The molecule has 2 fully saturated rings. The molecule has 0 aliphatic carbocycles. The maximum atomic E-state index is 13.1. The van der Waals surface area contributed by atoms with Crippen molar-refractivity contribution in [3.05, 3.63) is 47.6 Å². The van der Waals surface area contributed by atoms with Crippen LogP contribution in [-0.4, -0.2) is 83.8 Å². The van der Waals surface area contributed by atoms with Gasteiger partial charge in [-0.1, -0.05) is 28.9 Å². The van der Waals surface area contributed by atoms with Crippen LogP contribution in [0.15, 0.2) is 52.6 Å². The maximum absolute atomic E-state index is 13.1. The van der Waals surface area contributed by atoms with Crippen molar-refractivity contribution < 1.29 is 19.3 Å². The van der Waals surface area contributed by atoms with Crippen LogP contribution in [0.25, 0.3) is 0 Å². The molecule has 10 nitrogen and oxygen atoms in total. The van der Waals surface area contributed by atoms with Crippen LogP contribution in [0, 0.1) is 0 Å². The Morgan fingerprint density at radius 2 is 1.84 bits per heavy atom. The van der Waals surface area contributed by atoms with Gasteiger partial charge in [0, 0.05) is 69.6 Å². The third-order valence-corrected chi connectivity index (χ3v) is 7.97. The number of thioether (sulfide) groups is 1. The average molecular weight is 545 g/mol. The summed E-state index contributed by atoms with van der Waals surface area (Å²) in [5.74, 6) is 0.655. The normalized spacial score (nSPS) is 19.4. The van der Waals surface area contributed by atoms with Crippen LogP contribution in [0.4, 0.5) is 16.3 Å². The Kier molecular flexibility index (Phi) is 7.73. The van der Waals surface area contributed by atoms with Crippen LogP contribution in [0.1, 0.15) is 19.3 Å². The number of aromatic nitrogens is 1. The number of hydrogen-bond acceptors (Lipinski definition) is 9. The van der Waals surface area contributed by atoms with Crippen LogP contribution < -0.4 is 10.2 Å². The number of amides is 2. The molecule has 4 heterocycles. The van der Waals surface area contributed by atoms with Crippen LogP contribution in [0.5, 0.6) is 0 Å². The first-order valence-electron chi connectivity index (χ1n) is 12.2. The summed E-state index contributed by atoms with van der Waals surface area (Å²) in [5, 5.41) is 9.22. The molecule has 0 atom stereocenters. The molecule has 196 valence electrons. The lowest BCUT2D eigenvalue weighted by molar-refractivity contribution is -0.154. The first kappa shape index (κ1) is 25.6. The maximum Gasteiger partial charge on any atom is 0.430 e. The summed E-state index contributed by atoms with van der Waals surface area (Å²) >= 11 is 7.83. The van der Waals surface area contributed by atoms with Crippen LogP contribution in [0.2, 0.25) is 5.02 Å². The highest BCUT2D eigenvalue weighted by atomic mass is 35.5. The lowest BCUT2D eigenvalue weighted by atomic mass is 9.87. The molecule has 3 aliphatic rings. The second kappa shape index (κ2) is 11.2. The number of rotatable bonds is 5. The summed E-state index contributed by atoms with van der Waals surface area (Å²) in [6.07, 6.45) is 4.82. The lowest BCUT2D eigenvalue weighted by Gasteiger charge is -2.36. The van der Waals surface area contributed by atoms with Crippen LogP contribution in [-0.2, 0) is 14.5 Å². The monoisotopic (exact) mass is 544 g/mol. The number of piperidine rings is 1. The number of piperazine rings is 1. The predicted molar refractivity (Wildman–Crippen MR) is 143 cm³/mol. The van der Waals surface area contributed by atoms with Crippen molar-refractivity contribution in [3.63, 3.8) is 0 Å². The van der Waals surface area contributed by atoms with Gasteiger partial charge in [-0.25, -0.2) is 9.78 Å². The zero-order valence-corrected chi connectivity index (χ0v) is 22.1. The van der Waals surface area contributed by atoms with E-state index in [1.54, 1.807) is 29.1 Å². The minimum Gasteiger partial charge on any atom is -0.388 e. The van der Waals surface area contributed by atoms with Gasteiger partial charge in [0.05, 0.1) is 10.7 Å². The minimum absolute atomic E-state index is 0.0887. The Morgan fingerprint density at radius 1 is 1.08 bits per heavy atom. The summed E-state index contributed by atoms with van der Waals surface area (Å²) in [6, 6.07) is 11.2. The Hall–Kier alpha value is -3.02. The van der Waals surface area contributed by atoms with Gasteiger partial charge in [0.25, 0.3) is 5.91 Å². The van der Waals surface area contributed by atoms with Crippen molar-refractivity contribution >= 4 is 52.6 Å². The number of hydroxylamine groups is 2. The molecule has 3 aliphatic heterocycles. The van der Waals surface area contributed by atoms with Gasteiger partial charge >= 0.3 is 6.09 Å². The van der Waals surface area contributed by atoms with Crippen molar-refractivity contribution in [2.75, 3.05) is 55.7 Å². The molecule has 5 rings (SSSR count). The van der Waals surface area contributed by atoms with Crippen molar-refractivity contribution in [1.29, 1.82) is 0 Å². The van der Waals surface area contributed by atoms with Gasteiger partial charge < -0.3 is 19.5 Å². The van der Waals surface area contributed by atoms with Crippen molar-refractivity contribution in [3.8, 4) is 0 Å². The number of nitrogens with zero attached hydrogens (tertiary/aromatic N) is 5. The van der Waals surface area contributed by atoms with E-state index in [2.05, 4.69) is 20.4 Å². The summed E-state index contributed by atoms with van der Waals surface area (Å²) in [6.45, 7) is 3.42. The van der Waals surface area contributed by atoms with E-state index in [9.17, 15) is 9.59 Å². The number of benzene rings is 1. The summed E-state index contributed by atoms with van der Waals surface area (Å²) in [7, 11) is 0. The molecule has 1 aromatic heterocycles. The molecule has 0 unspecified atom stereocenters. The highest BCUT2D eigenvalue weighted by Crippen LogP contribution is 2.35. The number of hydrogen-bond donors (Lipinski definition) is 1. The fraction of sp³-hybridized carbons (Fsp3) is 0.440. The van der Waals surface area contributed by atoms with Gasteiger partial charge in [0.2, 0.25) is 0 Å². The molecular weight excluding hydrogens is 516 g/mol. The standard InChI is InChI=1S/C25H29ClN6O4S/c1-37-21-7-3-2-6-19(21)28-24(34)35-32-11-8-25(9-12-32)17-20(29-36-25)23(33)31-15-13-30(14-16-31)22-18(26)5-4-10-27-22/h2-7,10H,8-9,11-17H2,1H3,(H,28,34). The topological polar surface area (TPSA) is 99.6 Å². The molecule has 2 aromatic rings. The Morgan fingerprint density at radius 3 is 2.57 bits per heavy atom. The summed E-state index contributed by atoms with van der Waals surface area (Å²) in [4.78, 5) is 46.1. The number of carbonyl (C=O) groups excluding carboxylic acids is 2. The van der Waals surface area contributed by atoms with Gasteiger partial charge in [-0.05, 0) is 30.5 Å². The van der Waals surface area contributed by atoms with Crippen LogP contribution >= 0.6 is 23.4 Å². The molecule has 1 aromatic carbocycles. The lowest BCUT2D eigenvalue weighted by Crippen LogP contribution is -2.51. The quantitative estimate of drug-likeness (QED) is 0.566. The second-order valence-electron chi connectivity index (χ2n) is 9.21. The molecule has 0 radical (unpaired) electrons. The first-order chi connectivity index (χ1) is 18.0. The zero-order valence-electron chi connectivity index (χ0n) is 20.6. The molecule has 1 N–H and O–H groups in total. The van der Waals surface area contributed by atoms with Crippen molar-refractivity contribution in [2.24, 2.45) is 5.16 Å². The molecule has 2 amide bonds. The number of halogens is 1. The predicted octanol–water partition coefficient (Wildman–Crippen LogP) is 3.88. The van der Waals surface area contributed by atoms with Gasteiger partial charge in [0.15, 0.2) is 0 Å².